The van der Waals surface area contributed by atoms with Gasteiger partial charge in [0.1, 0.15) is 17.4 Å². The minimum Gasteiger partial charge on any atom is -0.360 e. The number of hydrogen-bond acceptors (Lipinski definition) is 5. The minimum absolute atomic E-state index is 0.0665. The van der Waals surface area contributed by atoms with Crippen molar-refractivity contribution >= 4 is 23.5 Å². The van der Waals surface area contributed by atoms with Crippen molar-refractivity contribution < 1.29 is 27.7 Å². The molecule has 2 rings (SSSR count). The number of aromatic nitrogens is 1. The monoisotopic (exact) mass is 380 g/mol. The van der Waals surface area contributed by atoms with E-state index in [0.29, 0.717) is 11.8 Å². The van der Waals surface area contributed by atoms with Gasteiger partial charge in [0.2, 0.25) is 11.8 Å². The maximum absolute atomic E-state index is 13.5. The molecule has 1 aromatic carbocycles. The van der Waals surface area contributed by atoms with E-state index in [1.165, 1.54) is 18.0 Å². The zero-order valence-electron chi connectivity index (χ0n) is 14.7. The molecule has 0 unspecified atom stereocenters. The van der Waals surface area contributed by atoms with E-state index in [-0.39, 0.29) is 30.9 Å². The molecule has 0 aliphatic heterocycles. The van der Waals surface area contributed by atoms with E-state index < -0.39 is 29.4 Å². The summed E-state index contributed by atoms with van der Waals surface area (Å²) in [5, 5.41) is 8.45. The van der Waals surface area contributed by atoms with Crippen LogP contribution in [0.25, 0.3) is 0 Å². The maximum Gasteiger partial charge on any atom is 0.254 e. The van der Waals surface area contributed by atoms with E-state index in [1.807, 2.05) is 0 Å². The van der Waals surface area contributed by atoms with E-state index >= 15 is 0 Å². The highest BCUT2D eigenvalue weighted by Gasteiger charge is 2.16. The van der Waals surface area contributed by atoms with Crippen molar-refractivity contribution in [2.24, 2.45) is 0 Å². The fraction of sp³-hybridized carbons (Fsp3) is 0.294. The van der Waals surface area contributed by atoms with Gasteiger partial charge in [-0.3, -0.25) is 14.4 Å². The first-order chi connectivity index (χ1) is 12.8. The lowest BCUT2D eigenvalue weighted by Crippen LogP contribution is -2.37. The molecule has 0 atom stereocenters. The number of benzene rings is 1. The zero-order valence-corrected chi connectivity index (χ0v) is 14.7. The Morgan fingerprint density at radius 1 is 1.22 bits per heavy atom. The number of likely N-dealkylation sites (N-methyl/N-ethyl adjacent to an activating group) is 1. The lowest BCUT2D eigenvalue weighted by Gasteiger charge is -2.16. The van der Waals surface area contributed by atoms with Crippen LogP contribution in [-0.4, -0.2) is 47.9 Å². The van der Waals surface area contributed by atoms with Crippen LogP contribution in [0.15, 0.2) is 28.8 Å². The highest BCUT2D eigenvalue weighted by molar-refractivity contribution is 5.95. The van der Waals surface area contributed by atoms with Crippen LogP contribution >= 0.6 is 0 Å². The first-order valence-electron chi connectivity index (χ1n) is 7.96. The van der Waals surface area contributed by atoms with Crippen LogP contribution in [0, 0.1) is 18.6 Å². The van der Waals surface area contributed by atoms with Crippen molar-refractivity contribution in [3.8, 4) is 0 Å². The minimum atomic E-state index is -0.990. The van der Waals surface area contributed by atoms with Gasteiger partial charge in [0.15, 0.2) is 5.82 Å². The van der Waals surface area contributed by atoms with Gasteiger partial charge in [-0.05, 0) is 19.1 Å². The van der Waals surface area contributed by atoms with Crippen LogP contribution in [0.4, 0.5) is 14.6 Å². The number of amides is 3. The molecular weight excluding hydrogens is 362 g/mol. The number of anilines is 1. The molecule has 0 fully saturated rings. The summed E-state index contributed by atoms with van der Waals surface area (Å²) in [7, 11) is 1.43. The Hall–Kier alpha value is -3.30. The second-order valence-corrected chi connectivity index (χ2v) is 5.75. The molecule has 1 aromatic heterocycles. The van der Waals surface area contributed by atoms with Gasteiger partial charge in [-0.25, -0.2) is 8.78 Å². The average Bonchev–Trinajstić information content (AvgIpc) is 2.99. The Balaban J connectivity index is 1.75. The lowest BCUT2D eigenvalue weighted by atomic mass is 10.2. The summed E-state index contributed by atoms with van der Waals surface area (Å²) in [4.78, 5) is 36.8. The van der Waals surface area contributed by atoms with Gasteiger partial charge in [0.25, 0.3) is 5.91 Å². The quantitative estimate of drug-likeness (QED) is 0.757. The average molecular weight is 380 g/mol. The van der Waals surface area contributed by atoms with Crippen LogP contribution in [0.5, 0.6) is 0 Å². The van der Waals surface area contributed by atoms with Crippen molar-refractivity contribution in [2.75, 3.05) is 25.5 Å². The van der Waals surface area contributed by atoms with Gasteiger partial charge >= 0.3 is 0 Å². The van der Waals surface area contributed by atoms with Crippen molar-refractivity contribution in [1.29, 1.82) is 0 Å². The van der Waals surface area contributed by atoms with E-state index in [4.69, 9.17) is 4.52 Å². The molecule has 0 aliphatic carbocycles. The van der Waals surface area contributed by atoms with E-state index in [1.54, 1.807) is 6.92 Å². The summed E-state index contributed by atoms with van der Waals surface area (Å²) >= 11 is 0. The van der Waals surface area contributed by atoms with Crippen LogP contribution in [0.2, 0.25) is 0 Å². The van der Waals surface area contributed by atoms with Crippen molar-refractivity contribution in [2.45, 2.75) is 13.3 Å². The largest absolute Gasteiger partial charge is 0.360 e. The number of hydrogen-bond donors (Lipinski definition) is 2. The van der Waals surface area contributed by atoms with E-state index in [2.05, 4.69) is 15.8 Å². The number of nitrogens with one attached hydrogen (secondary N) is 2. The number of rotatable bonds is 7. The molecule has 10 heteroatoms. The van der Waals surface area contributed by atoms with Gasteiger partial charge in [-0.2, -0.15) is 0 Å². The summed E-state index contributed by atoms with van der Waals surface area (Å²) in [6, 6.07) is 4.11. The standard InChI is InChI=1S/C17H18F2N4O4/c1-10-7-14(22-27-10)21-15(24)9-23(2)16(25)5-6-20-17(26)12-4-3-11(18)8-13(12)19/h3-4,7-8H,5-6,9H2,1-2H3,(H,20,26)(H,21,22,24). The molecule has 27 heavy (non-hydrogen) atoms. The molecule has 3 amide bonds. The topological polar surface area (TPSA) is 105 Å². The number of halogens is 2. The third kappa shape index (κ3) is 5.87. The molecule has 2 aromatic rings. The molecule has 0 saturated heterocycles. The molecule has 1 heterocycles. The lowest BCUT2D eigenvalue weighted by molar-refractivity contribution is -0.133. The Bertz CT molecular complexity index is 853. The third-order valence-electron chi connectivity index (χ3n) is 3.50. The Kier molecular flexibility index (Phi) is 6.58. The molecule has 144 valence electrons. The number of aryl methyl sites for hydroxylation is 1. The Morgan fingerprint density at radius 2 is 1.96 bits per heavy atom. The molecule has 2 N–H and O–H groups in total. The summed E-state index contributed by atoms with van der Waals surface area (Å²) in [6.07, 6.45) is -0.0958. The van der Waals surface area contributed by atoms with Gasteiger partial charge in [-0.15, -0.1) is 0 Å². The highest BCUT2D eigenvalue weighted by Crippen LogP contribution is 2.09. The number of carbonyl (C=O) groups excluding carboxylic acids is 3. The molecule has 0 aliphatic rings. The number of carbonyl (C=O) groups is 3. The predicted octanol–water partition coefficient (Wildman–Crippen LogP) is 1.48. The molecule has 0 bridgehead atoms. The van der Waals surface area contributed by atoms with Crippen molar-refractivity contribution in [3.05, 3.63) is 47.2 Å². The first-order valence-corrected chi connectivity index (χ1v) is 7.96. The fourth-order valence-electron chi connectivity index (χ4n) is 2.15. The normalized spacial score (nSPS) is 10.4. The fourth-order valence-corrected chi connectivity index (χ4v) is 2.15. The van der Waals surface area contributed by atoms with Gasteiger partial charge in [0.05, 0.1) is 12.1 Å². The molecule has 0 spiro atoms. The molecule has 0 radical (unpaired) electrons. The van der Waals surface area contributed by atoms with Crippen LogP contribution in [-0.2, 0) is 9.59 Å². The van der Waals surface area contributed by atoms with Crippen LogP contribution in [0.3, 0.4) is 0 Å². The van der Waals surface area contributed by atoms with E-state index in [9.17, 15) is 23.2 Å². The number of nitrogens with zero attached hydrogens (tertiary/aromatic N) is 2. The zero-order chi connectivity index (χ0) is 20.0. The van der Waals surface area contributed by atoms with Crippen LogP contribution in [0.1, 0.15) is 22.5 Å². The third-order valence-corrected chi connectivity index (χ3v) is 3.50. The second kappa shape index (κ2) is 8.88. The Labute approximate surface area is 153 Å². The summed E-state index contributed by atoms with van der Waals surface area (Å²) in [5.74, 6) is -2.63. The first kappa shape index (κ1) is 20.0. The summed E-state index contributed by atoms with van der Waals surface area (Å²) in [5.41, 5.74) is -0.320. The SMILES string of the molecule is Cc1cc(NC(=O)CN(C)C(=O)CCNC(=O)c2ccc(F)cc2F)no1. The predicted molar refractivity (Wildman–Crippen MR) is 90.8 cm³/mol. The second-order valence-electron chi connectivity index (χ2n) is 5.75. The van der Waals surface area contributed by atoms with Gasteiger partial charge in [-0.1, -0.05) is 5.16 Å². The highest BCUT2D eigenvalue weighted by atomic mass is 19.1. The van der Waals surface area contributed by atoms with E-state index in [0.717, 1.165) is 12.1 Å². The molecule has 0 saturated carbocycles. The molecule has 8 nitrogen and oxygen atoms in total. The maximum atomic E-state index is 13.5. The summed E-state index contributed by atoms with van der Waals surface area (Å²) in [6.45, 7) is 1.39. The van der Waals surface area contributed by atoms with Gasteiger partial charge < -0.3 is 20.1 Å². The molecular formula is C17H18F2N4O4. The van der Waals surface area contributed by atoms with Crippen molar-refractivity contribution in [1.82, 2.24) is 15.4 Å². The Morgan fingerprint density at radius 3 is 2.59 bits per heavy atom. The van der Waals surface area contributed by atoms with Gasteiger partial charge in [0, 0.05) is 32.1 Å². The van der Waals surface area contributed by atoms with Crippen LogP contribution < -0.4 is 10.6 Å². The summed E-state index contributed by atoms with van der Waals surface area (Å²) < 4.78 is 31.2. The van der Waals surface area contributed by atoms with Crippen molar-refractivity contribution in [3.63, 3.8) is 0 Å². The smallest absolute Gasteiger partial charge is 0.254 e.